The van der Waals surface area contributed by atoms with E-state index in [1.807, 2.05) is 12.1 Å². The van der Waals surface area contributed by atoms with Gasteiger partial charge in [0.05, 0.1) is 0 Å². The van der Waals surface area contributed by atoms with Crippen molar-refractivity contribution in [3.05, 3.63) is 84.4 Å². The molecule has 3 rings (SSSR count). The molecule has 1 heteroatoms. The molecule has 0 aliphatic heterocycles. The summed E-state index contributed by atoms with van der Waals surface area (Å²) in [6, 6.07) is 28.6. The zero-order valence-corrected chi connectivity index (χ0v) is 13.7. The number of hydrogen-bond donors (Lipinski definition) is 0. The summed E-state index contributed by atoms with van der Waals surface area (Å²) in [6.07, 6.45) is 0. The van der Waals surface area contributed by atoms with Crippen LogP contribution >= 0.6 is 0 Å². The SMILES string of the molecule is Cc1[c-]cc(-c2ccccc2)cc1-c1ccccc1.[Ir]. The maximum atomic E-state index is 3.37. The molecule has 0 amide bonds. The predicted molar refractivity (Wildman–Crippen MR) is 80.9 cm³/mol. The summed E-state index contributed by atoms with van der Waals surface area (Å²) in [7, 11) is 0. The fourth-order valence-corrected chi connectivity index (χ4v) is 2.28. The summed E-state index contributed by atoms with van der Waals surface area (Å²) in [5, 5.41) is 0. The molecule has 0 saturated heterocycles. The Labute approximate surface area is 133 Å². The van der Waals surface area contributed by atoms with Crippen LogP contribution in [-0.4, -0.2) is 0 Å². The fourth-order valence-electron chi connectivity index (χ4n) is 2.28. The molecule has 101 valence electrons. The molecule has 3 aromatic rings. The van der Waals surface area contributed by atoms with Gasteiger partial charge in [-0.15, -0.1) is 11.1 Å². The van der Waals surface area contributed by atoms with Gasteiger partial charge in [0.25, 0.3) is 0 Å². The zero-order valence-electron chi connectivity index (χ0n) is 11.3. The van der Waals surface area contributed by atoms with Crippen LogP contribution in [0, 0.1) is 13.0 Å². The van der Waals surface area contributed by atoms with Crippen LogP contribution in [0.2, 0.25) is 0 Å². The van der Waals surface area contributed by atoms with E-state index in [1.165, 1.54) is 27.8 Å². The van der Waals surface area contributed by atoms with Crippen LogP contribution in [0.4, 0.5) is 0 Å². The van der Waals surface area contributed by atoms with Gasteiger partial charge < -0.3 is 0 Å². The van der Waals surface area contributed by atoms with Gasteiger partial charge in [-0.25, -0.2) is 0 Å². The molecule has 0 nitrogen and oxygen atoms in total. The van der Waals surface area contributed by atoms with Crippen molar-refractivity contribution in [3.63, 3.8) is 0 Å². The van der Waals surface area contributed by atoms with Gasteiger partial charge in [-0.2, -0.15) is 23.8 Å². The summed E-state index contributed by atoms with van der Waals surface area (Å²) < 4.78 is 0. The van der Waals surface area contributed by atoms with Crippen LogP contribution in [0.5, 0.6) is 0 Å². The van der Waals surface area contributed by atoms with Crippen LogP contribution in [0.15, 0.2) is 72.8 Å². The van der Waals surface area contributed by atoms with Crippen molar-refractivity contribution < 1.29 is 20.1 Å². The first kappa shape index (κ1) is 14.7. The smallest absolute Gasteiger partial charge is 0 e. The van der Waals surface area contributed by atoms with Gasteiger partial charge in [-0.1, -0.05) is 78.7 Å². The first-order valence-corrected chi connectivity index (χ1v) is 6.48. The molecule has 3 aromatic carbocycles. The molecule has 0 aromatic heterocycles. The minimum atomic E-state index is 0. The van der Waals surface area contributed by atoms with Gasteiger partial charge >= 0.3 is 0 Å². The number of benzene rings is 3. The van der Waals surface area contributed by atoms with Crippen molar-refractivity contribution in [2.45, 2.75) is 6.92 Å². The third kappa shape index (κ3) is 3.07. The molecule has 0 N–H and O–H groups in total. The summed E-state index contributed by atoms with van der Waals surface area (Å²) in [4.78, 5) is 0. The minimum absolute atomic E-state index is 0. The molecule has 0 unspecified atom stereocenters. The minimum Gasteiger partial charge on any atom is -0.179 e. The maximum Gasteiger partial charge on any atom is 0 e. The predicted octanol–water partition coefficient (Wildman–Crippen LogP) is 5.13. The van der Waals surface area contributed by atoms with E-state index in [0.29, 0.717) is 0 Å². The van der Waals surface area contributed by atoms with E-state index in [4.69, 9.17) is 0 Å². The van der Waals surface area contributed by atoms with Gasteiger partial charge in [0, 0.05) is 20.1 Å². The van der Waals surface area contributed by atoms with Crippen molar-refractivity contribution in [1.82, 2.24) is 0 Å². The van der Waals surface area contributed by atoms with Crippen LogP contribution in [0.3, 0.4) is 0 Å². The van der Waals surface area contributed by atoms with Crippen molar-refractivity contribution in [3.8, 4) is 22.3 Å². The van der Waals surface area contributed by atoms with Crippen molar-refractivity contribution in [1.29, 1.82) is 0 Å². The normalized spacial score (nSPS) is 9.85. The summed E-state index contributed by atoms with van der Waals surface area (Å²) in [5.41, 5.74) is 6.13. The van der Waals surface area contributed by atoms with E-state index >= 15 is 0 Å². The Balaban J connectivity index is 0.00000147. The molecule has 20 heavy (non-hydrogen) atoms. The third-order valence-corrected chi connectivity index (χ3v) is 3.34. The van der Waals surface area contributed by atoms with Gasteiger partial charge in [-0.05, 0) is 0 Å². The van der Waals surface area contributed by atoms with Gasteiger partial charge in [0.2, 0.25) is 0 Å². The van der Waals surface area contributed by atoms with E-state index in [1.54, 1.807) is 0 Å². The van der Waals surface area contributed by atoms with Crippen LogP contribution < -0.4 is 0 Å². The first-order valence-electron chi connectivity index (χ1n) is 6.48. The number of hydrogen-bond acceptors (Lipinski definition) is 0. The zero-order chi connectivity index (χ0) is 13.1. The van der Waals surface area contributed by atoms with E-state index in [2.05, 4.69) is 73.7 Å². The van der Waals surface area contributed by atoms with E-state index in [0.717, 1.165) is 0 Å². The molecule has 0 fully saturated rings. The van der Waals surface area contributed by atoms with Crippen molar-refractivity contribution in [2.24, 2.45) is 0 Å². The molecule has 0 aliphatic carbocycles. The molecule has 0 spiro atoms. The number of aryl methyl sites for hydroxylation is 1. The van der Waals surface area contributed by atoms with Gasteiger partial charge in [0.15, 0.2) is 0 Å². The Kier molecular flexibility index (Phi) is 4.89. The molecular formula is C19H15Ir-. The molecule has 1 radical (unpaired) electrons. The molecular weight excluding hydrogens is 420 g/mol. The molecule has 0 aliphatic rings. The second kappa shape index (κ2) is 6.65. The standard InChI is InChI=1S/C19H15.Ir/c1-15-12-13-18(16-8-4-2-5-9-16)14-19(15)17-10-6-3-7-11-17;/h2-11,13-14H,1H3;/q-1;. The Morgan fingerprint density at radius 3 is 1.85 bits per heavy atom. The Hall–Kier alpha value is -1.69. The van der Waals surface area contributed by atoms with Crippen LogP contribution in [0.1, 0.15) is 5.56 Å². The topological polar surface area (TPSA) is 0 Å². The molecule has 0 bridgehead atoms. The largest absolute Gasteiger partial charge is 0.179 e. The fraction of sp³-hybridized carbons (Fsp3) is 0.0526. The Morgan fingerprint density at radius 1 is 0.700 bits per heavy atom. The molecule has 0 atom stereocenters. The first-order chi connectivity index (χ1) is 9.34. The maximum absolute atomic E-state index is 3.37. The Bertz CT molecular complexity index is 673. The van der Waals surface area contributed by atoms with Crippen molar-refractivity contribution in [2.75, 3.05) is 0 Å². The van der Waals surface area contributed by atoms with E-state index in [-0.39, 0.29) is 20.1 Å². The van der Waals surface area contributed by atoms with Crippen molar-refractivity contribution >= 4 is 0 Å². The second-order valence-electron chi connectivity index (χ2n) is 4.66. The summed E-state index contributed by atoms with van der Waals surface area (Å²) >= 11 is 0. The van der Waals surface area contributed by atoms with Crippen LogP contribution in [0.25, 0.3) is 22.3 Å². The second-order valence-corrected chi connectivity index (χ2v) is 4.66. The molecule has 0 heterocycles. The van der Waals surface area contributed by atoms with E-state index in [9.17, 15) is 0 Å². The average molecular weight is 436 g/mol. The monoisotopic (exact) mass is 436 g/mol. The van der Waals surface area contributed by atoms with Crippen LogP contribution in [-0.2, 0) is 20.1 Å². The van der Waals surface area contributed by atoms with E-state index < -0.39 is 0 Å². The third-order valence-electron chi connectivity index (χ3n) is 3.34. The summed E-state index contributed by atoms with van der Waals surface area (Å²) in [5.74, 6) is 0. The summed E-state index contributed by atoms with van der Waals surface area (Å²) in [6.45, 7) is 2.11. The van der Waals surface area contributed by atoms with Gasteiger partial charge in [0.1, 0.15) is 0 Å². The number of rotatable bonds is 2. The molecule has 0 saturated carbocycles. The average Bonchev–Trinajstić information content (AvgIpc) is 2.49. The quantitative estimate of drug-likeness (QED) is 0.490. The van der Waals surface area contributed by atoms with Gasteiger partial charge in [-0.3, -0.25) is 0 Å². The Morgan fingerprint density at radius 2 is 1.25 bits per heavy atom.